The fourth-order valence-electron chi connectivity index (χ4n) is 3.28. The van der Waals surface area contributed by atoms with Gasteiger partial charge in [-0.1, -0.05) is 20.8 Å². The van der Waals surface area contributed by atoms with Crippen LogP contribution in [0.3, 0.4) is 0 Å². The van der Waals surface area contributed by atoms with Gasteiger partial charge in [0.1, 0.15) is 0 Å². The van der Waals surface area contributed by atoms with Gasteiger partial charge >= 0.3 is 0 Å². The van der Waals surface area contributed by atoms with Crippen molar-refractivity contribution < 1.29 is 4.74 Å². The summed E-state index contributed by atoms with van der Waals surface area (Å²) in [7, 11) is 0. The second-order valence-corrected chi connectivity index (χ2v) is 5.98. The summed E-state index contributed by atoms with van der Waals surface area (Å²) in [5.74, 6) is 0.746. The van der Waals surface area contributed by atoms with Crippen LogP contribution in [-0.4, -0.2) is 49.3 Å². The number of hydrogen-bond acceptors (Lipinski definition) is 3. The van der Waals surface area contributed by atoms with Crippen LogP contribution in [0.15, 0.2) is 0 Å². The molecule has 3 heteroatoms. The van der Waals surface area contributed by atoms with Crippen LogP contribution >= 0.6 is 0 Å². The molecule has 0 aromatic rings. The van der Waals surface area contributed by atoms with Crippen LogP contribution in [-0.2, 0) is 4.74 Å². The number of nitrogens with one attached hydrogen (secondary N) is 1. The maximum atomic E-state index is 6.22. The van der Waals surface area contributed by atoms with Gasteiger partial charge in [-0.2, -0.15) is 0 Å². The molecule has 3 nitrogen and oxygen atoms in total. The molecule has 1 unspecified atom stereocenters. The molecule has 2 saturated heterocycles. The Morgan fingerprint density at radius 3 is 2.65 bits per heavy atom. The summed E-state index contributed by atoms with van der Waals surface area (Å²) in [5, 5.41) is 3.70. The van der Waals surface area contributed by atoms with Crippen LogP contribution in [0.4, 0.5) is 0 Å². The molecule has 0 saturated carbocycles. The van der Waals surface area contributed by atoms with Crippen molar-refractivity contribution in [1.82, 2.24) is 10.2 Å². The highest BCUT2D eigenvalue weighted by Gasteiger charge is 2.43. The molecule has 1 spiro atoms. The van der Waals surface area contributed by atoms with Gasteiger partial charge in [-0.25, -0.2) is 0 Å². The number of rotatable bonds is 3. The molecular formula is C14H28N2O. The number of ether oxygens (including phenoxy) is 1. The molecule has 2 aliphatic heterocycles. The van der Waals surface area contributed by atoms with E-state index in [1.165, 1.54) is 38.9 Å². The summed E-state index contributed by atoms with van der Waals surface area (Å²) in [6.45, 7) is 12.4. The number of nitrogens with zero attached hydrogens (tertiary/aromatic N) is 1. The second-order valence-electron chi connectivity index (χ2n) is 5.98. The molecule has 2 heterocycles. The maximum absolute atomic E-state index is 6.22. The number of piperidine rings is 1. The summed E-state index contributed by atoms with van der Waals surface area (Å²) in [4.78, 5) is 2.54. The zero-order valence-electron chi connectivity index (χ0n) is 11.7. The number of hydrogen-bond donors (Lipinski definition) is 1. The summed E-state index contributed by atoms with van der Waals surface area (Å²) < 4.78 is 6.22. The van der Waals surface area contributed by atoms with Gasteiger partial charge in [0.2, 0.25) is 0 Å². The van der Waals surface area contributed by atoms with Crippen molar-refractivity contribution in [3.63, 3.8) is 0 Å². The van der Waals surface area contributed by atoms with Gasteiger partial charge in [0.25, 0.3) is 0 Å². The van der Waals surface area contributed by atoms with Gasteiger partial charge < -0.3 is 15.0 Å². The Balaban J connectivity index is 1.99. The molecule has 100 valence electrons. The van der Waals surface area contributed by atoms with Crippen LogP contribution in [0.1, 0.15) is 40.0 Å². The number of morpholine rings is 1. The van der Waals surface area contributed by atoms with Gasteiger partial charge in [-0.05, 0) is 31.7 Å². The largest absolute Gasteiger partial charge is 0.372 e. The molecule has 17 heavy (non-hydrogen) atoms. The predicted molar refractivity (Wildman–Crippen MR) is 71.3 cm³/mol. The predicted octanol–water partition coefficient (Wildman–Crippen LogP) is 1.88. The standard InChI is InChI=1S/C14H28N2O/c1-4-16-8-5-14(6-9-16)13(11-12(2)3)15-7-10-17-14/h12-13,15H,4-11H2,1-3H3. The van der Waals surface area contributed by atoms with E-state index < -0.39 is 0 Å². The SMILES string of the molecule is CCN1CCC2(CC1)OCCNC2CC(C)C. The van der Waals surface area contributed by atoms with Crippen LogP contribution in [0.25, 0.3) is 0 Å². The van der Waals surface area contributed by atoms with E-state index in [1.807, 2.05) is 0 Å². The van der Waals surface area contributed by atoms with Gasteiger partial charge in [0.05, 0.1) is 12.2 Å². The zero-order chi connectivity index (χ0) is 12.3. The van der Waals surface area contributed by atoms with Crippen molar-refractivity contribution in [2.45, 2.75) is 51.7 Å². The minimum absolute atomic E-state index is 0.133. The first-order valence-electron chi connectivity index (χ1n) is 7.26. The third-order valence-corrected chi connectivity index (χ3v) is 4.37. The molecule has 2 rings (SSSR count). The Labute approximate surface area is 106 Å². The topological polar surface area (TPSA) is 24.5 Å². The van der Waals surface area contributed by atoms with Gasteiger partial charge in [0.15, 0.2) is 0 Å². The van der Waals surface area contributed by atoms with E-state index in [0.717, 1.165) is 19.1 Å². The summed E-state index contributed by atoms with van der Waals surface area (Å²) in [6, 6.07) is 0.565. The fraction of sp³-hybridized carbons (Fsp3) is 1.00. The Morgan fingerprint density at radius 2 is 2.06 bits per heavy atom. The second kappa shape index (κ2) is 5.68. The van der Waals surface area contributed by atoms with E-state index in [9.17, 15) is 0 Å². The Morgan fingerprint density at radius 1 is 1.35 bits per heavy atom. The first-order chi connectivity index (χ1) is 8.16. The van der Waals surface area contributed by atoms with Crippen molar-refractivity contribution in [1.29, 1.82) is 0 Å². The molecule has 0 aromatic heterocycles. The normalized spacial score (nSPS) is 30.0. The van der Waals surface area contributed by atoms with Crippen molar-refractivity contribution in [2.75, 3.05) is 32.8 Å². The van der Waals surface area contributed by atoms with E-state index in [0.29, 0.717) is 6.04 Å². The molecule has 2 aliphatic rings. The molecule has 2 fully saturated rings. The highest BCUT2D eigenvalue weighted by atomic mass is 16.5. The molecule has 0 aliphatic carbocycles. The average molecular weight is 240 g/mol. The van der Waals surface area contributed by atoms with Crippen molar-refractivity contribution in [3.05, 3.63) is 0 Å². The van der Waals surface area contributed by atoms with Gasteiger partial charge in [-0.3, -0.25) is 0 Å². The van der Waals surface area contributed by atoms with Crippen LogP contribution in [0, 0.1) is 5.92 Å². The van der Waals surface area contributed by atoms with E-state index in [-0.39, 0.29) is 5.60 Å². The quantitative estimate of drug-likeness (QED) is 0.815. The lowest BCUT2D eigenvalue weighted by molar-refractivity contribution is -0.130. The van der Waals surface area contributed by atoms with Crippen LogP contribution in [0.5, 0.6) is 0 Å². The summed E-state index contributed by atoms with van der Waals surface area (Å²) >= 11 is 0. The molecular weight excluding hydrogens is 212 g/mol. The lowest BCUT2D eigenvalue weighted by Gasteiger charge is -2.49. The highest BCUT2D eigenvalue weighted by molar-refractivity contribution is 4.99. The highest BCUT2D eigenvalue weighted by Crippen LogP contribution is 2.34. The Hall–Kier alpha value is -0.120. The first kappa shape index (κ1) is 13.3. The van der Waals surface area contributed by atoms with E-state index >= 15 is 0 Å². The van der Waals surface area contributed by atoms with E-state index in [1.54, 1.807) is 0 Å². The number of likely N-dealkylation sites (tertiary alicyclic amines) is 1. The van der Waals surface area contributed by atoms with Gasteiger partial charge in [0, 0.05) is 25.7 Å². The van der Waals surface area contributed by atoms with Gasteiger partial charge in [-0.15, -0.1) is 0 Å². The molecule has 1 atom stereocenters. The van der Waals surface area contributed by atoms with E-state index in [4.69, 9.17) is 4.74 Å². The third kappa shape index (κ3) is 3.01. The lowest BCUT2D eigenvalue weighted by Crippen LogP contribution is -2.62. The summed E-state index contributed by atoms with van der Waals surface area (Å²) in [5.41, 5.74) is 0.133. The Bertz CT molecular complexity index is 234. The average Bonchev–Trinajstić information content (AvgIpc) is 2.33. The third-order valence-electron chi connectivity index (χ3n) is 4.37. The van der Waals surface area contributed by atoms with Crippen LogP contribution in [0.2, 0.25) is 0 Å². The molecule has 0 bridgehead atoms. The minimum Gasteiger partial charge on any atom is -0.372 e. The van der Waals surface area contributed by atoms with Crippen LogP contribution < -0.4 is 5.32 Å². The maximum Gasteiger partial charge on any atom is 0.0859 e. The van der Waals surface area contributed by atoms with Crippen molar-refractivity contribution >= 4 is 0 Å². The molecule has 0 amide bonds. The van der Waals surface area contributed by atoms with Crippen molar-refractivity contribution in [3.8, 4) is 0 Å². The molecule has 0 aromatic carbocycles. The molecule has 1 N–H and O–H groups in total. The lowest BCUT2D eigenvalue weighted by atomic mass is 9.79. The first-order valence-corrected chi connectivity index (χ1v) is 7.26. The molecule has 0 radical (unpaired) electrons. The van der Waals surface area contributed by atoms with Crippen molar-refractivity contribution in [2.24, 2.45) is 5.92 Å². The smallest absolute Gasteiger partial charge is 0.0859 e. The Kier molecular flexibility index (Phi) is 4.45. The summed E-state index contributed by atoms with van der Waals surface area (Å²) in [6.07, 6.45) is 3.64. The van der Waals surface area contributed by atoms with E-state index in [2.05, 4.69) is 31.0 Å². The zero-order valence-corrected chi connectivity index (χ0v) is 11.7. The minimum atomic E-state index is 0.133. The monoisotopic (exact) mass is 240 g/mol. The fourth-order valence-corrected chi connectivity index (χ4v) is 3.28.